The molecule has 1 fully saturated rings. The number of carbonyl (C=O) groups is 2. The van der Waals surface area contributed by atoms with E-state index in [0.717, 1.165) is 57.8 Å². The van der Waals surface area contributed by atoms with Crippen LogP contribution in [0.25, 0.3) is 0 Å². The van der Waals surface area contributed by atoms with E-state index in [1.165, 1.54) is 4.90 Å². The maximum atomic E-state index is 14.1. The number of nitrogens with zero attached hydrogens (tertiary/aromatic N) is 2. The maximum absolute atomic E-state index is 14.1. The van der Waals surface area contributed by atoms with Gasteiger partial charge in [-0.05, 0) is 88.4 Å². The van der Waals surface area contributed by atoms with Crippen molar-refractivity contribution in [1.82, 2.24) is 10.2 Å². The molecule has 41 heavy (non-hydrogen) atoms. The van der Waals surface area contributed by atoms with Gasteiger partial charge < -0.3 is 10.2 Å². The van der Waals surface area contributed by atoms with Crippen LogP contribution in [0, 0.1) is 27.7 Å². The van der Waals surface area contributed by atoms with Gasteiger partial charge in [0.1, 0.15) is 12.6 Å². The molecule has 218 valence electrons. The van der Waals surface area contributed by atoms with Gasteiger partial charge in [-0.2, -0.15) is 0 Å². The third kappa shape index (κ3) is 7.36. The van der Waals surface area contributed by atoms with Crippen LogP contribution >= 0.6 is 0 Å². The first-order chi connectivity index (χ1) is 19.5. The lowest BCUT2D eigenvalue weighted by Crippen LogP contribution is -2.52. The molecule has 1 N–H and O–H groups in total. The van der Waals surface area contributed by atoms with E-state index in [2.05, 4.69) is 5.32 Å². The molecule has 4 rings (SSSR count). The fourth-order valence-corrected chi connectivity index (χ4v) is 6.52. The number of hydrogen-bond acceptors (Lipinski definition) is 4. The van der Waals surface area contributed by atoms with Crippen molar-refractivity contribution in [2.75, 3.05) is 10.8 Å². The molecule has 0 radical (unpaired) electrons. The Labute approximate surface area is 244 Å². The lowest BCUT2D eigenvalue weighted by Gasteiger charge is -2.32. The van der Waals surface area contributed by atoms with Gasteiger partial charge in [0.05, 0.1) is 10.6 Å². The lowest BCUT2D eigenvalue weighted by atomic mass is 10.1. The molecule has 3 aromatic rings. The van der Waals surface area contributed by atoms with Crippen LogP contribution in [0.5, 0.6) is 0 Å². The Bertz CT molecular complexity index is 1480. The van der Waals surface area contributed by atoms with Crippen molar-refractivity contribution in [3.05, 3.63) is 94.5 Å². The predicted molar refractivity (Wildman–Crippen MR) is 163 cm³/mol. The Morgan fingerprint density at radius 2 is 1.44 bits per heavy atom. The lowest BCUT2D eigenvalue weighted by molar-refractivity contribution is -0.139. The zero-order valence-corrected chi connectivity index (χ0v) is 25.5. The number of aryl methyl sites for hydroxylation is 4. The van der Waals surface area contributed by atoms with Gasteiger partial charge in [0.2, 0.25) is 11.8 Å². The summed E-state index contributed by atoms with van der Waals surface area (Å²) in [6.45, 7) is 9.21. The van der Waals surface area contributed by atoms with E-state index < -0.39 is 28.5 Å². The van der Waals surface area contributed by atoms with Gasteiger partial charge in [-0.15, -0.1) is 0 Å². The van der Waals surface area contributed by atoms with Crippen molar-refractivity contribution in [1.29, 1.82) is 0 Å². The van der Waals surface area contributed by atoms with E-state index in [1.54, 1.807) is 43.3 Å². The van der Waals surface area contributed by atoms with Crippen molar-refractivity contribution in [2.24, 2.45) is 0 Å². The van der Waals surface area contributed by atoms with Crippen LogP contribution in [0.3, 0.4) is 0 Å². The summed E-state index contributed by atoms with van der Waals surface area (Å²) >= 11 is 0. The monoisotopic (exact) mass is 575 g/mol. The largest absolute Gasteiger partial charge is 0.352 e. The summed E-state index contributed by atoms with van der Waals surface area (Å²) in [7, 11) is -4.09. The van der Waals surface area contributed by atoms with Crippen LogP contribution in [-0.2, 0) is 26.2 Å². The Morgan fingerprint density at radius 3 is 2.02 bits per heavy atom. The van der Waals surface area contributed by atoms with Gasteiger partial charge in [0.15, 0.2) is 0 Å². The molecule has 1 atom stereocenters. The first-order valence-corrected chi connectivity index (χ1v) is 15.7. The van der Waals surface area contributed by atoms with Crippen LogP contribution < -0.4 is 9.62 Å². The highest BCUT2D eigenvalue weighted by Gasteiger charge is 2.33. The summed E-state index contributed by atoms with van der Waals surface area (Å²) in [5.74, 6) is -0.676. The molecule has 0 unspecified atom stereocenters. The number of benzene rings is 3. The molecule has 7 nitrogen and oxygen atoms in total. The predicted octanol–water partition coefficient (Wildman–Crippen LogP) is 5.59. The normalized spacial score (nSPS) is 14.5. The summed E-state index contributed by atoms with van der Waals surface area (Å²) in [5, 5.41) is 3.10. The summed E-state index contributed by atoms with van der Waals surface area (Å²) in [6.07, 6.45) is 4.01. The second kappa shape index (κ2) is 12.9. The molecular formula is C33H41N3O4S. The van der Waals surface area contributed by atoms with E-state index in [0.29, 0.717) is 5.69 Å². The number of carbonyl (C=O) groups excluding carboxylic acids is 2. The van der Waals surface area contributed by atoms with Gasteiger partial charge in [-0.1, -0.05) is 66.4 Å². The molecule has 1 aliphatic carbocycles. The molecule has 0 bridgehead atoms. The molecule has 1 aliphatic rings. The molecule has 0 aromatic heterocycles. The average Bonchev–Trinajstić information content (AvgIpc) is 3.45. The summed E-state index contributed by atoms with van der Waals surface area (Å²) in [4.78, 5) is 29.0. The van der Waals surface area contributed by atoms with Crippen molar-refractivity contribution in [3.63, 3.8) is 0 Å². The Morgan fingerprint density at radius 1 is 0.854 bits per heavy atom. The molecule has 0 heterocycles. The number of hydrogen-bond donors (Lipinski definition) is 1. The molecule has 0 spiro atoms. The van der Waals surface area contributed by atoms with Crippen LogP contribution in [0.4, 0.5) is 5.69 Å². The number of amides is 2. The zero-order valence-electron chi connectivity index (χ0n) is 24.7. The number of sulfonamides is 1. The van der Waals surface area contributed by atoms with E-state index in [-0.39, 0.29) is 23.4 Å². The van der Waals surface area contributed by atoms with Crippen LogP contribution in [-0.4, -0.2) is 43.8 Å². The topological polar surface area (TPSA) is 86.8 Å². The average molecular weight is 576 g/mol. The van der Waals surface area contributed by atoms with Gasteiger partial charge in [0.25, 0.3) is 10.0 Å². The van der Waals surface area contributed by atoms with Crippen molar-refractivity contribution in [2.45, 2.75) is 83.8 Å². The summed E-state index contributed by atoms with van der Waals surface area (Å²) in [6, 6.07) is 19.1. The quantitative estimate of drug-likeness (QED) is 0.341. The van der Waals surface area contributed by atoms with Crippen molar-refractivity contribution >= 4 is 27.5 Å². The number of anilines is 1. The van der Waals surface area contributed by atoms with E-state index >= 15 is 0 Å². The first kappa shape index (κ1) is 30.3. The highest BCUT2D eigenvalue weighted by molar-refractivity contribution is 7.92. The molecule has 0 aliphatic heterocycles. The van der Waals surface area contributed by atoms with Crippen LogP contribution in [0.1, 0.15) is 60.4 Å². The smallest absolute Gasteiger partial charge is 0.264 e. The molecule has 2 amide bonds. The molecule has 3 aromatic carbocycles. The van der Waals surface area contributed by atoms with Gasteiger partial charge in [-0.3, -0.25) is 13.9 Å². The number of nitrogens with one attached hydrogen (secondary N) is 1. The fourth-order valence-electron chi connectivity index (χ4n) is 5.11. The minimum Gasteiger partial charge on any atom is -0.352 e. The summed E-state index contributed by atoms with van der Waals surface area (Å²) < 4.78 is 29.2. The van der Waals surface area contributed by atoms with Gasteiger partial charge >= 0.3 is 0 Å². The second-order valence-electron chi connectivity index (χ2n) is 11.3. The standard InChI is InChI=1S/C33H41N3O4S/c1-23-10-15-28(16-11-23)21-35(27(5)33(38)34-29-8-6-7-9-29)32(37)22-36(30-17-14-25(3)26(4)20-30)41(39,40)31-18-12-24(2)13-19-31/h10-20,27,29H,6-9,21-22H2,1-5H3,(H,34,38)/t27-/m1/s1. The number of rotatable bonds is 10. The van der Waals surface area contributed by atoms with Crippen LogP contribution in [0.2, 0.25) is 0 Å². The third-order valence-corrected chi connectivity index (χ3v) is 9.80. The minimum absolute atomic E-state index is 0.103. The SMILES string of the molecule is Cc1ccc(CN(C(=O)CN(c2ccc(C)c(C)c2)S(=O)(=O)c2ccc(C)cc2)[C@H](C)C(=O)NC2CCCC2)cc1. The zero-order chi connectivity index (χ0) is 29.7. The Hall–Kier alpha value is -3.65. The molecule has 1 saturated carbocycles. The fraction of sp³-hybridized carbons (Fsp3) is 0.394. The minimum atomic E-state index is -4.09. The highest BCUT2D eigenvalue weighted by atomic mass is 32.2. The first-order valence-electron chi connectivity index (χ1n) is 14.3. The second-order valence-corrected chi connectivity index (χ2v) is 13.1. The molecular weight excluding hydrogens is 534 g/mol. The highest BCUT2D eigenvalue weighted by Crippen LogP contribution is 2.27. The third-order valence-electron chi connectivity index (χ3n) is 8.01. The van der Waals surface area contributed by atoms with E-state index in [4.69, 9.17) is 0 Å². The van der Waals surface area contributed by atoms with Crippen molar-refractivity contribution < 1.29 is 18.0 Å². The van der Waals surface area contributed by atoms with Gasteiger partial charge in [0, 0.05) is 12.6 Å². The van der Waals surface area contributed by atoms with E-state index in [9.17, 15) is 18.0 Å². The van der Waals surface area contributed by atoms with E-state index in [1.807, 2.05) is 58.0 Å². The molecule has 0 saturated heterocycles. The van der Waals surface area contributed by atoms with Gasteiger partial charge in [-0.25, -0.2) is 8.42 Å². The Kier molecular flexibility index (Phi) is 9.53. The van der Waals surface area contributed by atoms with Crippen molar-refractivity contribution in [3.8, 4) is 0 Å². The maximum Gasteiger partial charge on any atom is 0.264 e. The van der Waals surface area contributed by atoms with Crippen LogP contribution in [0.15, 0.2) is 71.6 Å². The summed E-state index contributed by atoms with van der Waals surface area (Å²) in [5.41, 5.74) is 5.22. The molecule has 8 heteroatoms. The Balaban J connectivity index is 1.70.